The molecule has 1 heterocycles. The van der Waals surface area contributed by atoms with Gasteiger partial charge in [0.25, 0.3) is 0 Å². The van der Waals surface area contributed by atoms with Crippen molar-refractivity contribution in [1.29, 1.82) is 0 Å². The van der Waals surface area contributed by atoms with Crippen LogP contribution in [0.3, 0.4) is 0 Å². The SMILES string of the molecule is COC(=O)c1cccc(Nc2nc(C)cc(NCc3ccc(Cl)cc3)n2)c1. The molecular weight excluding hydrogens is 364 g/mol. The molecule has 0 spiro atoms. The van der Waals surface area contributed by atoms with Gasteiger partial charge in [-0.05, 0) is 42.8 Å². The Hall–Kier alpha value is -3.12. The molecule has 0 fully saturated rings. The first-order valence-corrected chi connectivity index (χ1v) is 8.71. The van der Waals surface area contributed by atoms with E-state index in [2.05, 4.69) is 20.6 Å². The summed E-state index contributed by atoms with van der Waals surface area (Å²) in [5, 5.41) is 7.11. The van der Waals surface area contributed by atoms with Gasteiger partial charge in [0.05, 0.1) is 12.7 Å². The Balaban J connectivity index is 1.73. The number of carbonyl (C=O) groups excluding carboxylic acids is 1. The molecule has 0 aliphatic rings. The van der Waals surface area contributed by atoms with Crippen molar-refractivity contribution in [3.63, 3.8) is 0 Å². The summed E-state index contributed by atoms with van der Waals surface area (Å²) in [4.78, 5) is 20.5. The van der Waals surface area contributed by atoms with Crippen molar-refractivity contribution >= 4 is 35.0 Å². The van der Waals surface area contributed by atoms with Crippen LogP contribution in [0.4, 0.5) is 17.5 Å². The van der Waals surface area contributed by atoms with Crippen molar-refractivity contribution < 1.29 is 9.53 Å². The van der Waals surface area contributed by atoms with Crippen LogP contribution in [0.1, 0.15) is 21.6 Å². The lowest BCUT2D eigenvalue weighted by Gasteiger charge is -2.11. The van der Waals surface area contributed by atoms with Crippen molar-refractivity contribution in [1.82, 2.24) is 9.97 Å². The molecule has 27 heavy (non-hydrogen) atoms. The Morgan fingerprint density at radius 1 is 1.11 bits per heavy atom. The summed E-state index contributed by atoms with van der Waals surface area (Å²) in [6.45, 7) is 2.51. The predicted octanol–water partition coefficient (Wildman–Crippen LogP) is 4.58. The summed E-state index contributed by atoms with van der Waals surface area (Å²) < 4.78 is 4.74. The van der Waals surface area contributed by atoms with E-state index in [1.54, 1.807) is 18.2 Å². The molecule has 0 unspecified atom stereocenters. The molecule has 6 nitrogen and oxygen atoms in total. The van der Waals surface area contributed by atoms with Gasteiger partial charge in [0, 0.05) is 29.0 Å². The molecule has 0 aliphatic carbocycles. The summed E-state index contributed by atoms with van der Waals surface area (Å²) in [5.74, 6) is 0.744. The molecule has 3 rings (SSSR count). The Morgan fingerprint density at radius 2 is 1.89 bits per heavy atom. The summed E-state index contributed by atoms with van der Waals surface area (Å²) >= 11 is 5.91. The molecule has 3 aromatic rings. The summed E-state index contributed by atoms with van der Waals surface area (Å²) in [7, 11) is 1.35. The number of methoxy groups -OCH3 is 1. The van der Waals surface area contributed by atoms with Crippen molar-refractivity contribution in [2.45, 2.75) is 13.5 Å². The van der Waals surface area contributed by atoms with Crippen molar-refractivity contribution in [3.8, 4) is 0 Å². The van der Waals surface area contributed by atoms with Crippen LogP contribution in [0.2, 0.25) is 5.02 Å². The maximum absolute atomic E-state index is 11.7. The second-order valence-corrected chi connectivity index (χ2v) is 6.33. The molecule has 0 saturated heterocycles. The number of aryl methyl sites for hydroxylation is 1. The van der Waals surface area contributed by atoms with Gasteiger partial charge in [-0.1, -0.05) is 29.8 Å². The van der Waals surface area contributed by atoms with Gasteiger partial charge < -0.3 is 15.4 Å². The van der Waals surface area contributed by atoms with E-state index in [1.807, 2.05) is 43.3 Å². The first kappa shape index (κ1) is 18.7. The van der Waals surface area contributed by atoms with E-state index in [1.165, 1.54) is 7.11 Å². The number of hydrogen-bond donors (Lipinski definition) is 2. The molecule has 0 aliphatic heterocycles. The number of halogens is 1. The largest absolute Gasteiger partial charge is 0.465 e. The smallest absolute Gasteiger partial charge is 0.337 e. The van der Waals surface area contributed by atoms with Gasteiger partial charge >= 0.3 is 5.97 Å². The predicted molar refractivity (Wildman–Crippen MR) is 107 cm³/mol. The minimum absolute atomic E-state index is 0.394. The highest BCUT2D eigenvalue weighted by molar-refractivity contribution is 6.30. The van der Waals surface area contributed by atoms with Gasteiger partial charge in [0.2, 0.25) is 5.95 Å². The van der Waals surface area contributed by atoms with Crippen LogP contribution in [0.5, 0.6) is 0 Å². The van der Waals surface area contributed by atoms with Crippen LogP contribution in [0, 0.1) is 6.92 Å². The molecule has 7 heteroatoms. The molecule has 0 radical (unpaired) electrons. The van der Waals surface area contributed by atoms with Crippen LogP contribution >= 0.6 is 11.6 Å². The Kier molecular flexibility index (Phi) is 5.88. The lowest BCUT2D eigenvalue weighted by atomic mass is 10.2. The fourth-order valence-corrected chi connectivity index (χ4v) is 2.61. The average molecular weight is 383 g/mol. The van der Waals surface area contributed by atoms with Gasteiger partial charge in [-0.3, -0.25) is 0 Å². The van der Waals surface area contributed by atoms with E-state index >= 15 is 0 Å². The zero-order valence-corrected chi connectivity index (χ0v) is 15.7. The third-order valence-electron chi connectivity index (χ3n) is 3.78. The number of rotatable bonds is 6. The highest BCUT2D eigenvalue weighted by Crippen LogP contribution is 2.18. The summed E-state index contributed by atoms with van der Waals surface area (Å²) in [5.41, 5.74) is 3.06. The topological polar surface area (TPSA) is 76.1 Å². The van der Waals surface area contributed by atoms with Crippen molar-refractivity contribution in [2.75, 3.05) is 17.7 Å². The maximum atomic E-state index is 11.7. The third-order valence-corrected chi connectivity index (χ3v) is 4.03. The number of aromatic nitrogens is 2. The number of ether oxygens (including phenoxy) is 1. The normalized spacial score (nSPS) is 10.3. The standard InChI is InChI=1S/C20H19ClN4O2/c1-13-10-18(22-12-14-6-8-16(21)9-7-14)25-20(23-13)24-17-5-3-4-15(11-17)19(26)27-2/h3-11H,12H2,1-2H3,(H2,22,23,24,25). The number of nitrogens with one attached hydrogen (secondary N) is 2. The number of esters is 1. The first-order chi connectivity index (χ1) is 13.0. The minimum atomic E-state index is -0.394. The van der Waals surface area contributed by atoms with Gasteiger partial charge in [-0.25, -0.2) is 9.78 Å². The number of benzene rings is 2. The number of hydrogen-bond acceptors (Lipinski definition) is 6. The van der Waals surface area contributed by atoms with E-state index in [4.69, 9.17) is 16.3 Å². The quantitative estimate of drug-likeness (QED) is 0.608. The fraction of sp³-hybridized carbons (Fsp3) is 0.150. The molecule has 0 bridgehead atoms. The lowest BCUT2D eigenvalue weighted by molar-refractivity contribution is 0.0601. The highest BCUT2D eigenvalue weighted by Gasteiger charge is 2.08. The molecule has 2 aromatic carbocycles. The van der Waals surface area contributed by atoms with Gasteiger partial charge in [0.15, 0.2) is 0 Å². The maximum Gasteiger partial charge on any atom is 0.337 e. The summed E-state index contributed by atoms with van der Waals surface area (Å²) in [6.07, 6.45) is 0. The van der Waals surface area contributed by atoms with E-state index in [0.717, 1.165) is 11.3 Å². The van der Waals surface area contributed by atoms with E-state index in [9.17, 15) is 4.79 Å². The van der Waals surface area contributed by atoms with Gasteiger partial charge in [0.1, 0.15) is 5.82 Å². The molecule has 0 atom stereocenters. The molecule has 138 valence electrons. The Bertz CT molecular complexity index is 945. The number of carbonyl (C=O) groups is 1. The molecular formula is C20H19ClN4O2. The minimum Gasteiger partial charge on any atom is -0.465 e. The van der Waals surface area contributed by atoms with Crippen LogP contribution in [0.15, 0.2) is 54.6 Å². The first-order valence-electron chi connectivity index (χ1n) is 8.33. The molecule has 0 amide bonds. The second kappa shape index (κ2) is 8.51. The zero-order valence-electron chi connectivity index (χ0n) is 15.0. The lowest BCUT2D eigenvalue weighted by Crippen LogP contribution is -2.06. The average Bonchev–Trinajstić information content (AvgIpc) is 2.67. The zero-order chi connectivity index (χ0) is 19.2. The van der Waals surface area contributed by atoms with Crippen molar-refractivity contribution in [2.24, 2.45) is 0 Å². The van der Waals surface area contributed by atoms with E-state index in [0.29, 0.717) is 34.6 Å². The van der Waals surface area contributed by atoms with Crippen molar-refractivity contribution in [3.05, 3.63) is 76.4 Å². The fourth-order valence-electron chi connectivity index (χ4n) is 2.48. The Morgan fingerprint density at radius 3 is 2.63 bits per heavy atom. The van der Waals surface area contributed by atoms with Crippen LogP contribution < -0.4 is 10.6 Å². The molecule has 2 N–H and O–H groups in total. The van der Waals surface area contributed by atoms with Crippen LogP contribution in [-0.4, -0.2) is 23.0 Å². The van der Waals surface area contributed by atoms with Crippen LogP contribution in [-0.2, 0) is 11.3 Å². The third kappa shape index (κ3) is 5.18. The van der Waals surface area contributed by atoms with Gasteiger partial charge in [-0.2, -0.15) is 4.98 Å². The number of nitrogens with zero attached hydrogens (tertiary/aromatic N) is 2. The summed E-state index contributed by atoms with van der Waals surface area (Å²) in [6, 6.07) is 16.5. The molecule has 0 saturated carbocycles. The van der Waals surface area contributed by atoms with Gasteiger partial charge in [-0.15, -0.1) is 0 Å². The van der Waals surface area contributed by atoms with E-state index in [-0.39, 0.29) is 0 Å². The second-order valence-electron chi connectivity index (χ2n) is 5.90. The van der Waals surface area contributed by atoms with Crippen LogP contribution in [0.25, 0.3) is 0 Å². The Labute approximate surface area is 162 Å². The molecule has 1 aromatic heterocycles. The monoisotopic (exact) mass is 382 g/mol. The van der Waals surface area contributed by atoms with E-state index < -0.39 is 5.97 Å². The highest BCUT2D eigenvalue weighted by atomic mass is 35.5. The number of anilines is 3.